The molecular weight excluding hydrogens is 502 g/mol. The topological polar surface area (TPSA) is 36.9 Å². The summed E-state index contributed by atoms with van der Waals surface area (Å²) in [5, 5.41) is 0. The van der Waals surface area contributed by atoms with Crippen LogP contribution in [-0.4, -0.2) is 26.4 Å². The molecule has 0 radical (unpaired) electrons. The lowest BCUT2D eigenvalue weighted by Crippen LogP contribution is -2.27. The molecule has 0 spiro atoms. The van der Waals surface area contributed by atoms with Gasteiger partial charge in [0, 0.05) is 23.0 Å². The molecule has 2 heterocycles. The zero-order chi connectivity index (χ0) is 27.1. The van der Waals surface area contributed by atoms with Gasteiger partial charge in [0.05, 0.1) is 37.6 Å². The fourth-order valence-electron chi connectivity index (χ4n) is 3.94. The van der Waals surface area contributed by atoms with Crippen molar-refractivity contribution in [2.75, 3.05) is 26.4 Å². The molecule has 37 heavy (non-hydrogen) atoms. The fraction of sp³-hybridized carbons (Fsp3) is 0.556. The maximum absolute atomic E-state index is 12.4. The van der Waals surface area contributed by atoms with E-state index in [4.69, 9.17) is 18.9 Å². The lowest BCUT2D eigenvalue weighted by Gasteiger charge is -2.29. The molecule has 2 aliphatic rings. The first-order valence-corrected chi connectivity index (χ1v) is 12.3. The van der Waals surface area contributed by atoms with Crippen LogP contribution in [0.3, 0.4) is 0 Å². The minimum absolute atomic E-state index is 0.371. The molecule has 2 fully saturated rings. The normalized spacial score (nSPS) is 24.8. The molecule has 0 N–H and O–H groups in total. The van der Waals surface area contributed by atoms with Crippen LogP contribution >= 0.6 is 0 Å². The smallest absolute Gasteiger partial charge is 0.348 e. The highest BCUT2D eigenvalue weighted by molar-refractivity contribution is 5.26. The van der Waals surface area contributed by atoms with E-state index in [0.29, 0.717) is 49.4 Å². The summed E-state index contributed by atoms with van der Waals surface area (Å²) in [6, 6.07) is 9.84. The van der Waals surface area contributed by atoms with Crippen LogP contribution in [0, 0.1) is 11.8 Å². The molecule has 0 atom stereocenters. The molecule has 0 amide bonds. The zero-order valence-electron chi connectivity index (χ0n) is 20.8. The van der Waals surface area contributed by atoms with Crippen LogP contribution in [-0.2, 0) is 31.3 Å². The van der Waals surface area contributed by atoms with Crippen LogP contribution in [0.4, 0.5) is 26.3 Å². The fourth-order valence-corrected chi connectivity index (χ4v) is 3.94. The van der Waals surface area contributed by atoms with Gasteiger partial charge in [0.15, 0.2) is 12.6 Å². The second-order valence-electron chi connectivity index (χ2n) is 9.17. The molecule has 10 heteroatoms. The summed E-state index contributed by atoms with van der Waals surface area (Å²) in [5.41, 5.74) is -0.0649. The number of hydrogen-bond donors (Lipinski definition) is 0. The summed E-state index contributed by atoms with van der Waals surface area (Å²) in [6.45, 7) is 6.52. The Morgan fingerprint density at radius 3 is 1.24 bits per heavy atom. The average Bonchev–Trinajstić information content (AvgIpc) is 2.89. The van der Waals surface area contributed by atoms with Gasteiger partial charge in [-0.3, -0.25) is 0 Å². The highest BCUT2D eigenvalue weighted by atomic mass is 19.4. The Bertz CT molecular complexity index is 927. The summed E-state index contributed by atoms with van der Waals surface area (Å²) in [7, 11) is 0. The van der Waals surface area contributed by atoms with Gasteiger partial charge in [0.25, 0.3) is 0 Å². The van der Waals surface area contributed by atoms with Crippen molar-refractivity contribution in [2.45, 2.75) is 58.0 Å². The lowest BCUT2D eigenvalue weighted by atomic mass is 10.0. The molecule has 0 aliphatic carbocycles. The SMILES string of the molecule is CCC1COC(c2ccc(C(F)(F)F)cc2)OC1.CCCC1COC(c2ccc(C(F)(F)F)cc2)OC1. The molecule has 2 saturated heterocycles. The highest BCUT2D eigenvalue weighted by Gasteiger charge is 2.32. The van der Waals surface area contributed by atoms with Crippen molar-refractivity contribution in [2.24, 2.45) is 11.8 Å². The van der Waals surface area contributed by atoms with Crippen LogP contribution in [0.2, 0.25) is 0 Å². The van der Waals surface area contributed by atoms with E-state index in [1.165, 1.54) is 24.3 Å². The van der Waals surface area contributed by atoms with E-state index in [1.54, 1.807) is 0 Å². The van der Waals surface area contributed by atoms with Gasteiger partial charge in [-0.1, -0.05) is 44.5 Å². The van der Waals surface area contributed by atoms with Gasteiger partial charge >= 0.3 is 12.4 Å². The molecule has 4 nitrogen and oxygen atoms in total. The van der Waals surface area contributed by atoms with E-state index >= 15 is 0 Å². The van der Waals surface area contributed by atoms with Crippen molar-refractivity contribution >= 4 is 0 Å². The van der Waals surface area contributed by atoms with Crippen molar-refractivity contribution in [3.8, 4) is 0 Å². The summed E-state index contributed by atoms with van der Waals surface area (Å²) < 4.78 is 96.6. The summed E-state index contributed by atoms with van der Waals surface area (Å²) in [4.78, 5) is 0. The first-order valence-electron chi connectivity index (χ1n) is 12.3. The maximum Gasteiger partial charge on any atom is 0.416 e. The standard InChI is InChI=1S/C14H17F3O2.C13H15F3O2/c1-2-3-10-8-18-13(19-9-10)11-4-6-12(7-5-11)14(15,16)17;1-2-9-7-17-12(18-8-9)10-3-5-11(6-4-10)13(14,15)16/h4-7,10,13H,2-3,8-9H2,1H3;3-6,9,12H,2,7-8H2,1H3. The van der Waals surface area contributed by atoms with Crippen LogP contribution in [0.1, 0.15) is 67.9 Å². The molecular formula is C27H32F6O4. The number of hydrogen-bond acceptors (Lipinski definition) is 4. The quantitative estimate of drug-likeness (QED) is 0.365. The largest absolute Gasteiger partial charge is 0.416 e. The Balaban J connectivity index is 0.000000206. The van der Waals surface area contributed by atoms with Crippen LogP contribution in [0.25, 0.3) is 0 Å². The second-order valence-corrected chi connectivity index (χ2v) is 9.17. The van der Waals surface area contributed by atoms with Crippen molar-refractivity contribution < 1.29 is 45.3 Å². The predicted octanol–water partition coefficient (Wildman–Crippen LogP) is 7.94. The molecule has 0 saturated carbocycles. The van der Waals surface area contributed by atoms with Crippen molar-refractivity contribution in [1.82, 2.24) is 0 Å². The van der Waals surface area contributed by atoms with Crippen LogP contribution in [0.5, 0.6) is 0 Å². The summed E-state index contributed by atoms with van der Waals surface area (Å²) in [6.07, 6.45) is -6.62. The molecule has 206 valence electrons. The third-order valence-corrected chi connectivity index (χ3v) is 6.23. The van der Waals surface area contributed by atoms with Crippen molar-refractivity contribution in [1.29, 1.82) is 0 Å². The van der Waals surface area contributed by atoms with Crippen LogP contribution in [0.15, 0.2) is 48.5 Å². The van der Waals surface area contributed by atoms with E-state index in [-0.39, 0.29) is 0 Å². The Hall–Kier alpha value is -2.14. The monoisotopic (exact) mass is 534 g/mol. The van der Waals surface area contributed by atoms with Gasteiger partial charge in [-0.2, -0.15) is 26.3 Å². The van der Waals surface area contributed by atoms with Crippen LogP contribution < -0.4 is 0 Å². The average molecular weight is 535 g/mol. The molecule has 2 aromatic carbocycles. The van der Waals surface area contributed by atoms with E-state index in [2.05, 4.69) is 13.8 Å². The van der Waals surface area contributed by atoms with Gasteiger partial charge < -0.3 is 18.9 Å². The van der Waals surface area contributed by atoms with Gasteiger partial charge in [-0.05, 0) is 37.1 Å². The number of ether oxygens (including phenoxy) is 4. The molecule has 0 aromatic heterocycles. The number of rotatable bonds is 5. The molecule has 4 rings (SSSR count). The van der Waals surface area contributed by atoms with E-state index in [1.807, 2.05) is 0 Å². The first kappa shape index (κ1) is 29.4. The Labute approximate surface area is 212 Å². The third kappa shape index (κ3) is 8.70. The van der Waals surface area contributed by atoms with Crippen molar-refractivity contribution in [3.63, 3.8) is 0 Å². The zero-order valence-corrected chi connectivity index (χ0v) is 20.8. The van der Waals surface area contributed by atoms with E-state index in [0.717, 1.165) is 43.5 Å². The predicted molar refractivity (Wildman–Crippen MR) is 124 cm³/mol. The minimum atomic E-state index is -4.31. The molecule has 0 unspecified atom stereocenters. The third-order valence-electron chi connectivity index (χ3n) is 6.23. The maximum atomic E-state index is 12.4. The van der Waals surface area contributed by atoms with Gasteiger partial charge in [-0.15, -0.1) is 0 Å². The summed E-state index contributed by atoms with van der Waals surface area (Å²) >= 11 is 0. The van der Waals surface area contributed by atoms with E-state index < -0.39 is 36.1 Å². The minimum Gasteiger partial charge on any atom is -0.348 e. The number of alkyl halides is 6. The number of halogens is 6. The van der Waals surface area contributed by atoms with Gasteiger partial charge in [0.1, 0.15) is 0 Å². The van der Waals surface area contributed by atoms with Gasteiger partial charge in [0.2, 0.25) is 0 Å². The second kappa shape index (κ2) is 13.1. The van der Waals surface area contributed by atoms with E-state index in [9.17, 15) is 26.3 Å². The molecule has 0 bridgehead atoms. The Kier molecular flexibility index (Phi) is 10.4. The Morgan fingerprint density at radius 2 is 0.946 bits per heavy atom. The lowest BCUT2D eigenvalue weighted by molar-refractivity contribution is -0.206. The number of benzene rings is 2. The highest BCUT2D eigenvalue weighted by Crippen LogP contribution is 2.33. The van der Waals surface area contributed by atoms with Gasteiger partial charge in [-0.25, -0.2) is 0 Å². The molecule has 2 aliphatic heterocycles. The molecule has 2 aromatic rings. The van der Waals surface area contributed by atoms with Crippen molar-refractivity contribution in [3.05, 3.63) is 70.8 Å². The summed E-state index contributed by atoms with van der Waals surface area (Å²) in [5.74, 6) is 0.756. The Morgan fingerprint density at radius 1 is 0.595 bits per heavy atom. The first-order chi connectivity index (χ1) is 17.5.